The number of nitrogens with one attached hydrogen (secondary N) is 1. The van der Waals surface area contributed by atoms with Gasteiger partial charge in [0.15, 0.2) is 0 Å². The van der Waals surface area contributed by atoms with Gasteiger partial charge in [0.2, 0.25) is 0 Å². The van der Waals surface area contributed by atoms with E-state index in [1.165, 1.54) is 6.07 Å². The van der Waals surface area contributed by atoms with Crippen LogP contribution in [0.2, 0.25) is 0 Å². The molecule has 0 saturated carbocycles. The molecular formula is C13H20FN. The summed E-state index contributed by atoms with van der Waals surface area (Å²) in [6, 6.07) is 5.25. The van der Waals surface area contributed by atoms with E-state index in [-0.39, 0.29) is 11.9 Å². The van der Waals surface area contributed by atoms with Crippen molar-refractivity contribution >= 4 is 0 Å². The van der Waals surface area contributed by atoms with Crippen LogP contribution in [-0.2, 0) is 0 Å². The second kappa shape index (κ2) is 5.26. The lowest BCUT2D eigenvalue weighted by Gasteiger charge is -2.20. The summed E-state index contributed by atoms with van der Waals surface area (Å²) in [6.45, 7) is 6.39. The fourth-order valence-corrected chi connectivity index (χ4v) is 1.86. The van der Waals surface area contributed by atoms with Crippen molar-refractivity contribution < 1.29 is 4.39 Å². The molecule has 0 spiro atoms. The molecule has 0 aromatic heterocycles. The summed E-state index contributed by atoms with van der Waals surface area (Å²) in [5.41, 5.74) is 2.22. The summed E-state index contributed by atoms with van der Waals surface area (Å²) >= 11 is 0. The van der Waals surface area contributed by atoms with E-state index < -0.39 is 0 Å². The Morgan fingerprint density at radius 3 is 2.53 bits per heavy atom. The van der Waals surface area contributed by atoms with Crippen LogP contribution in [0.4, 0.5) is 4.39 Å². The van der Waals surface area contributed by atoms with Crippen molar-refractivity contribution in [1.29, 1.82) is 0 Å². The minimum absolute atomic E-state index is 0.153. The molecule has 0 radical (unpaired) electrons. The van der Waals surface area contributed by atoms with Crippen LogP contribution in [-0.4, -0.2) is 7.05 Å². The fraction of sp³-hybridized carbons (Fsp3) is 0.538. The van der Waals surface area contributed by atoms with Crippen LogP contribution in [0.5, 0.6) is 0 Å². The van der Waals surface area contributed by atoms with Gasteiger partial charge in [-0.2, -0.15) is 0 Å². The molecule has 0 saturated heterocycles. The smallest absolute Gasteiger partial charge is 0.123 e. The summed E-state index contributed by atoms with van der Waals surface area (Å²) in [4.78, 5) is 0. The highest BCUT2D eigenvalue weighted by Gasteiger charge is 2.13. The third-order valence-corrected chi connectivity index (χ3v) is 2.67. The lowest BCUT2D eigenvalue weighted by Crippen LogP contribution is -2.19. The van der Waals surface area contributed by atoms with E-state index >= 15 is 0 Å². The van der Waals surface area contributed by atoms with Crippen molar-refractivity contribution in [2.24, 2.45) is 5.92 Å². The van der Waals surface area contributed by atoms with Crippen molar-refractivity contribution in [2.75, 3.05) is 7.05 Å². The number of rotatable bonds is 4. The van der Waals surface area contributed by atoms with Gasteiger partial charge in [0, 0.05) is 6.04 Å². The normalized spacial score (nSPS) is 13.2. The molecule has 1 rings (SSSR count). The largest absolute Gasteiger partial charge is 0.313 e. The molecule has 0 aliphatic rings. The van der Waals surface area contributed by atoms with Crippen molar-refractivity contribution in [3.05, 3.63) is 35.1 Å². The Kier molecular flexibility index (Phi) is 4.28. The highest BCUT2D eigenvalue weighted by molar-refractivity contribution is 5.29. The number of benzene rings is 1. The summed E-state index contributed by atoms with van der Waals surface area (Å²) in [6.07, 6.45) is 1.03. The molecule has 0 bridgehead atoms. The molecule has 2 heteroatoms. The molecule has 1 aromatic rings. The van der Waals surface area contributed by atoms with Crippen LogP contribution in [0.15, 0.2) is 18.2 Å². The molecule has 1 unspecified atom stereocenters. The van der Waals surface area contributed by atoms with E-state index in [0.29, 0.717) is 5.92 Å². The second-order valence-corrected chi connectivity index (χ2v) is 4.47. The lowest BCUT2D eigenvalue weighted by atomic mass is 9.94. The van der Waals surface area contributed by atoms with Crippen molar-refractivity contribution in [1.82, 2.24) is 5.32 Å². The van der Waals surface area contributed by atoms with Crippen LogP contribution in [0.25, 0.3) is 0 Å². The number of hydrogen-bond donors (Lipinski definition) is 1. The van der Waals surface area contributed by atoms with Gasteiger partial charge in [0.25, 0.3) is 0 Å². The van der Waals surface area contributed by atoms with Crippen LogP contribution < -0.4 is 5.32 Å². The monoisotopic (exact) mass is 209 g/mol. The summed E-state index contributed by atoms with van der Waals surface area (Å²) in [5.74, 6) is 0.449. The molecule has 1 atom stereocenters. The molecule has 1 N–H and O–H groups in total. The Morgan fingerprint density at radius 2 is 2.00 bits per heavy atom. The first-order valence-electron chi connectivity index (χ1n) is 5.48. The van der Waals surface area contributed by atoms with E-state index in [2.05, 4.69) is 19.2 Å². The Morgan fingerprint density at radius 1 is 1.33 bits per heavy atom. The average Bonchev–Trinajstić information content (AvgIpc) is 2.18. The molecule has 1 nitrogen and oxygen atoms in total. The Hall–Kier alpha value is -0.890. The maximum Gasteiger partial charge on any atom is 0.123 e. The summed E-state index contributed by atoms with van der Waals surface area (Å²) < 4.78 is 13.2. The topological polar surface area (TPSA) is 12.0 Å². The van der Waals surface area contributed by atoms with Crippen molar-refractivity contribution in [3.63, 3.8) is 0 Å². The minimum atomic E-state index is -0.153. The SMILES string of the molecule is CNC(CC(C)C)c1cc(F)ccc1C. The Bertz CT molecular complexity index is 320. The van der Waals surface area contributed by atoms with Crippen LogP contribution in [0.1, 0.15) is 37.4 Å². The first-order chi connectivity index (χ1) is 7.04. The molecular weight excluding hydrogens is 189 g/mol. The zero-order chi connectivity index (χ0) is 11.4. The molecule has 0 fully saturated rings. The molecule has 0 aliphatic carbocycles. The molecule has 15 heavy (non-hydrogen) atoms. The van der Waals surface area contributed by atoms with Gasteiger partial charge in [-0.25, -0.2) is 4.39 Å². The molecule has 0 aliphatic heterocycles. The van der Waals surface area contributed by atoms with Gasteiger partial charge in [-0.1, -0.05) is 19.9 Å². The Balaban J connectivity index is 2.95. The summed E-state index contributed by atoms with van der Waals surface area (Å²) in [5, 5.41) is 3.25. The first kappa shape index (κ1) is 12.2. The van der Waals surface area contributed by atoms with Crippen molar-refractivity contribution in [3.8, 4) is 0 Å². The van der Waals surface area contributed by atoms with E-state index in [1.54, 1.807) is 6.07 Å². The van der Waals surface area contributed by atoms with Gasteiger partial charge in [-0.3, -0.25) is 0 Å². The zero-order valence-electron chi connectivity index (χ0n) is 9.97. The number of halogens is 1. The standard InChI is InChI=1S/C13H20FN/c1-9(2)7-13(15-4)12-8-11(14)6-5-10(12)3/h5-6,8-9,13,15H,7H2,1-4H3. The highest BCUT2D eigenvalue weighted by Crippen LogP contribution is 2.24. The summed E-state index contributed by atoms with van der Waals surface area (Å²) in [7, 11) is 1.93. The minimum Gasteiger partial charge on any atom is -0.313 e. The first-order valence-corrected chi connectivity index (χ1v) is 5.48. The molecule has 84 valence electrons. The van der Waals surface area contributed by atoms with Gasteiger partial charge in [-0.15, -0.1) is 0 Å². The van der Waals surface area contributed by atoms with Gasteiger partial charge in [0.05, 0.1) is 0 Å². The van der Waals surface area contributed by atoms with Crippen LogP contribution in [0.3, 0.4) is 0 Å². The predicted molar refractivity (Wildman–Crippen MR) is 62.4 cm³/mol. The van der Waals surface area contributed by atoms with E-state index in [0.717, 1.165) is 17.5 Å². The molecule has 0 heterocycles. The maximum atomic E-state index is 13.2. The fourth-order valence-electron chi connectivity index (χ4n) is 1.86. The van der Waals surface area contributed by atoms with Crippen molar-refractivity contribution in [2.45, 2.75) is 33.2 Å². The number of aryl methyl sites for hydroxylation is 1. The van der Waals surface area contributed by atoms with Gasteiger partial charge in [-0.05, 0) is 49.6 Å². The van der Waals surface area contributed by atoms with E-state index in [1.807, 2.05) is 20.0 Å². The third-order valence-electron chi connectivity index (χ3n) is 2.67. The highest BCUT2D eigenvalue weighted by atomic mass is 19.1. The van der Waals surface area contributed by atoms with E-state index in [9.17, 15) is 4.39 Å². The third kappa shape index (κ3) is 3.31. The molecule has 1 aromatic carbocycles. The molecule has 0 amide bonds. The zero-order valence-corrected chi connectivity index (χ0v) is 9.97. The second-order valence-electron chi connectivity index (χ2n) is 4.47. The average molecular weight is 209 g/mol. The van der Waals surface area contributed by atoms with Gasteiger partial charge >= 0.3 is 0 Å². The lowest BCUT2D eigenvalue weighted by molar-refractivity contribution is 0.453. The van der Waals surface area contributed by atoms with Crippen LogP contribution >= 0.6 is 0 Å². The van der Waals surface area contributed by atoms with Gasteiger partial charge < -0.3 is 5.32 Å². The maximum absolute atomic E-state index is 13.2. The van der Waals surface area contributed by atoms with E-state index in [4.69, 9.17) is 0 Å². The quantitative estimate of drug-likeness (QED) is 0.801. The Labute approximate surface area is 91.7 Å². The number of hydrogen-bond acceptors (Lipinski definition) is 1. The van der Waals surface area contributed by atoms with Gasteiger partial charge in [0.1, 0.15) is 5.82 Å². The predicted octanol–water partition coefficient (Wildman–Crippen LogP) is 3.44. The van der Waals surface area contributed by atoms with Crippen LogP contribution in [0, 0.1) is 18.7 Å².